The monoisotopic (exact) mass is 379 g/mol. The van der Waals surface area contributed by atoms with Crippen LogP contribution in [0.5, 0.6) is 0 Å². The van der Waals surface area contributed by atoms with Crippen LogP contribution in [-0.4, -0.2) is 52.4 Å². The third-order valence-electron chi connectivity index (χ3n) is 4.95. The Kier molecular flexibility index (Phi) is 4.31. The molecule has 9 nitrogen and oxygen atoms in total. The molecule has 2 atom stereocenters. The number of sulfonamides is 1. The zero-order valence-corrected chi connectivity index (χ0v) is 15.2. The Balaban J connectivity index is 1.38. The second-order valence-corrected chi connectivity index (χ2v) is 8.82. The van der Waals surface area contributed by atoms with Crippen LogP contribution in [0.3, 0.4) is 0 Å². The van der Waals surface area contributed by atoms with Gasteiger partial charge in [0.15, 0.2) is 10.7 Å². The molecule has 3 heterocycles. The van der Waals surface area contributed by atoms with Crippen LogP contribution in [0.4, 0.5) is 0 Å². The molecule has 0 radical (unpaired) electrons. The number of amides is 1. The van der Waals surface area contributed by atoms with Crippen LogP contribution in [0, 0.1) is 0 Å². The van der Waals surface area contributed by atoms with Crippen LogP contribution in [0.1, 0.15) is 54.8 Å². The largest absolute Gasteiger partial charge is 0.360 e. The van der Waals surface area contributed by atoms with Gasteiger partial charge in [-0.1, -0.05) is 5.16 Å². The van der Waals surface area contributed by atoms with Gasteiger partial charge >= 0.3 is 0 Å². The van der Waals surface area contributed by atoms with Crippen molar-refractivity contribution in [1.29, 1.82) is 0 Å². The summed E-state index contributed by atoms with van der Waals surface area (Å²) in [5.74, 6) is 0.895. The van der Waals surface area contributed by atoms with Gasteiger partial charge in [0.25, 0.3) is 15.9 Å². The number of carbonyl (C=O) groups excluding carboxylic acids is 1. The normalized spacial score (nSPS) is 24.5. The molecule has 1 amide bonds. The second-order valence-electron chi connectivity index (χ2n) is 6.96. The summed E-state index contributed by atoms with van der Waals surface area (Å²) in [5.41, 5.74) is 0.284. The minimum atomic E-state index is -3.60. The van der Waals surface area contributed by atoms with E-state index in [4.69, 9.17) is 4.52 Å². The number of hydrogen-bond acceptors (Lipinski definition) is 6. The zero-order chi connectivity index (χ0) is 18.3. The van der Waals surface area contributed by atoms with Crippen molar-refractivity contribution in [2.75, 3.05) is 6.54 Å². The number of rotatable bonds is 5. The molecule has 1 aliphatic carbocycles. The molecule has 2 N–H and O–H groups in total. The minimum absolute atomic E-state index is 0.0852. The summed E-state index contributed by atoms with van der Waals surface area (Å²) in [7, 11) is -3.60. The number of aromatic nitrogens is 3. The summed E-state index contributed by atoms with van der Waals surface area (Å²) in [6.07, 6.45) is 5.88. The van der Waals surface area contributed by atoms with E-state index in [0.29, 0.717) is 25.3 Å². The molecule has 2 aromatic heterocycles. The van der Waals surface area contributed by atoms with Gasteiger partial charge in [-0.25, -0.2) is 13.4 Å². The summed E-state index contributed by atoms with van der Waals surface area (Å²) >= 11 is 0. The Morgan fingerprint density at radius 3 is 2.85 bits per heavy atom. The van der Waals surface area contributed by atoms with Crippen molar-refractivity contribution in [2.45, 2.75) is 55.6 Å². The SMILES string of the molecule is C[C@H]1C[C@@H](NC(=O)c2cc(C3CC3)on2)CCN1S(=O)(=O)c1cnc[nH]1. The first-order valence-corrected chi connectivity index (χ1v) is 10.2. The van der Waals surface area contributed by atoms with E-state index in [9.17, 15) is 13.2 Å². The Bertz CT molecular complexity index is 888. The molecule has 26 heavy (non-hydrogen) atoms. The van der Waals surface area contributed by atoms with Crippen molar-refractivity contribution < 1.29 is 17.7 Å². The van der Waals surface area contributed by atoms with E-state index in [0.717, 1.165) is 18.6 Å². The summed E-state index contributed by atoms with van der Waals surface area (Å²) < 4.78 is 31.9. The third-order valence-corrected chi connectivity index (χ3v) is 6.89. The maximum absolute atomic E-state index is 12.6. The fourth-order valence-electron chi connectivity index (χ4n) is 3.37. The number of nitrogens with one attached hydrogen (secondary N) is 2. The fourth-order valence-corrected chi connectivity index (χ4v) is 4.92. The number of hydrogen-bond donors (Lipinski definition) is 2. The predicted molar refractivity (Wildman–Crippen MR) is 90.9 cm³/mol. The van der Waals surface area contributed by atoms with Crippen LogP contribution >= 0.6 is 0 Å². The van der Waals surface area contributed by atoms with Crippen molar-refractivity contribution in [3.8, 4) is 0 Å². The van der Waals surface area contributed by atoms with E-state index >= 15 is 0 Å². The highest BCUT2D eigenvalue weighted by atomic mass is 32.2. The van der Waals surface area contributed by atoms with Crippen molar-refractivity contribution in [1.82, 2.24) is 24.7 Å². The summed E-state index contributed by atoms with van der Waals surface area (Å²) in [5, 5.41) is 6.87. The molecule has 0 unspecified atom stereocenters. The van der Waals surface area contributed by atoms with Gasteiger partial charge in [0.1, 0.15) is 5.76 Å². The average Bonchev–Trinajstić information content (AvgIpc) is 3.11. The number of H-pyrrole nitrogens is 1. The van der Waals surface area contributed by atoms with Gasteiger partial charge in [0, 0.05) is 30.6 Å². The number of imidazole rings is 1. The van der Waals surface area contributed by atoms with Crippen LogP contribution in [-0.2, 0) is 10.0 Å². The first kappa shape index (κ1) is 17.2. The average molecular weight is 379 g/mol. The smallest absolute Gasteiger partial charge is 0.273 e. The summed E-state index contributed by atoms with van der Waals surface area (Å²) in [4.78, 5) is 18.8. The van der Waals surface area contributed by atoms with Crippen LogP contribution < -0.4 is 5.32 Å². The lowest BCUT2D eigenvalue weighted by atomic mass is 10.0. The second kappa shape index (κ2) is 6.51. The number of aromatic amines is 1. The van der Waals surface area contributed by atoms with E-state index in [1.165, 1.54) is 16.8 Å². The molecule has 140 valence electrons. The van der Waals surface area contributed by atoms with Gasteiger partial charge < -0.3 is 14.8 Å². The predicted octanol–water partition coefficient (Wildman–Crippen LogP) is 1.25. The highest BCUT2D eigenvalue weighted by molar-refractivity contribution is 7.89. The zero-order valence-electron chi connectivity index (χ0n) is 14.4. The highest BCUT2D eigenvalue weighted by Gasteiger charge is 2.36. The molecule has 4 rings (SSSR count). The minimum Gasteiger partial charge on any atom is -0.360 e. The summed E-state index contributed by atoms with van der Waals surface area (Å²) in [6, 6.07) is 1.36. The molecule has 1 saturated carbocycles. The molecular weight excluding hydrogens is 358 g/mol. The lowest BCUT2D eigenvalue weighted by Gasteiger charge is -2.36. The van der Waals surface area contributed by atoms with E-state index in [1.54, 1.807) is 6.07 Å². The molecule has 0 bridgehead atoms. The van der Waals surface area contributed by atoms with Crippen molar-refractivity contribution in [2.24, 2.45) is 0 Å². The number of carbonyl (C=O) groups is 1. The molecule has 2 aliphatic rings. The van der Waals surface area contributed by atoms with Crippen molar-refractivity contribution >= 4 is 15.9 Å². The number of piperidine rings is 1. The van der Waals surface area contributed by atoms with Gasteiger partial charge in [-0.05, 0) is 32.6 Å². The quantitative estimate of drug-likeness (QED) is 0.806. The molecule has 1 saturated heterocycles. The van der Waals surface area contributed by atoms with Gasteiger partial charge in [-0.2, -0.15) is 4.31 Å². The van der Waals surface area contributed by atoms with Gasteiger partial charge in [0.2, 0.25) is 0 Å². The van der Waals surface area contributed by atoms with E-state index < -0.39 is 10.0 Å². The van der Waals surface area contributed by atoms with E-state index in [-0.39, 0.29) is 28.7 Å². The van der Waals surface area contributed by atoms with Crippen LogP contribution in [0.15, 0.2) is 28.1 Å². The standard InChI is InChI=1S/C16H21N5O4S/c1-10-6-12(4-5-21(10)26(23,24)15-8-17-9-18-15)19-16(22)13-7-14(25-20-13)11-2-3-11/h7-12H,2-6H2,1H3,(H,17,18)(H,19,22)/t10-,12-/m0/s1. The van der Waals surface area contributed by atoms with Gasteiger partial charge in [-0.3, -0.25) is 4.79 Å². The van der Waals surface area contributed by atoms with Crippen LogP contribution in [0.2, 0.25) is 0 Å². The first-order chi connectivity index (χ1) is 12.4. The number of nitrogens with zero attached hydrogens (tertiary/aromatic N) is 3. The molecular formula is C16H21N5O4S. The Morgan fingerprint density at radius 2 is 2.19 bits per heavy atom. The first-order valence-electron chi connectivity index (χ1n) is 8.73. The van der Waals surface area contributed by atoms with Crippen LogP contribution in [0.25, 0.3) is 0 Å². The Morgan fingerprint density at radius 1 is 1.38 bits per heavy atom. The molecule has 1 aliphatic heterocycles. The Hall–Kier alpha value is -2.20. The van der Waals surface area contributed by atoms with Gasteiger partial charge in [-0.15, -0.1) is 0 Å². The molecule has 0 aromatic carbocycles. The molecule has 2 fully saturated rings. The van der Waals surface area contributed by atoms with Crippen molar-refractivity contribution in [3.63, 3.8) is 0 Å². The molecule has 2 aromatic rings. The third kappa shape index (κ3) is 3.26. The van der Waals surface area contributed by atoms with Crippen molar-refractivity contribution in [3.05, 3.63) is 30.0 Å². The summed E-state index contributed by atoms with van der Waals surface area (Å²) in [6.45, 7) is 2.17. The van der Waals surface area contributed by atoms with Gasteiger partial charge in [0.05, 0.1) is 12.5 Å². The maximum atomic E-state index is 12.6. The van der Waals surface area contributed by atoms with E-state index in [2.05, 4.69) is 20.4 Å². The molecule has 0 spiro atoms. The van der Waals surface area contributed by atoms with E-state index in [1.807, 2.05) is 6.92 Å². The lowest BCUT2D eigenvalue weighted by molar-refractivity contribution is 0.0905. The fraction of sp³-hybridized carbons (Fsp3) is 0.562. The Labute approximate surface area is 151 Å². The maximum Gasteiger partial charge on any atom is 0.273 e. The highest BCUT2D eigenvalue weighted by Crippen LogP contribution is 2.40. The topological polar surface area (TPSA) is 121 Å². The lowest BCUT2D eigenvalue weighted by Crippen LogP contribution is -2.50. The molecule has 10 heteroatoms.